The third-order valence-corrected chi connectivity index (χ3v) is 2.14. The standard InChI is InChI=1S/C5H10NO.Al.2H/c1-6-2-4-7-5-3-6;;;/h4H,2-3,5H2,1H3;;;. The van der Waals surface area contributed by atoms with Gasteiger partial charge in [0.2, 0.25) is 0 Å². The minimum atomic E-state index is 0.578. The molecule has 3 heteroatoms. The highest BCUT2D eigenvalue weighted by atomic mass is 27.0. The number of ether oxygens (including phenoxy) is 1. The molecule has 46 valence electrons. The van der Waals surface area contributed by atoms with Crippen LogP contribution in [0.25, 0.3) is 0 Å². The average Bonchev–Trinajstić information content (AvgIpc) is 1.64. The van der Waals surface area contributed by atoms with Crippen LogP contribution in [-0.2, 0) is 4.74 Å². The summed E-state index contributed by atoms with van der Waals surface area (Å²) in [7, 11) is 2.15. The van der Waals surface area contributed by atoms with E-state index in [1.807, 2.05) is 0 Å². The normalized spacial score (nSPS) is 32.9. The van der Waals surface area contributed by atoms with E-state index in [-0.39, 0.29) is 0 Å². The molecule has 0 aliphatic carbocycles. The van der Waals surface area contributed by atoms with Crippen LogP contribution >= 0.6 is 0 Å². The van der Waals surface area contributed by atoms with Crippen molar-refractivity contribution in [3.8, 4) is 0 Å². The van der Waals surface area contributed by atoms with Crippen molar-refractivity contribution in [3.63, 3.8) is 0 Å². The fourth-order valence-corrected chi connectivity index (χ4v) is 1.85. The first-order valence-corrected chi connectivity index (χ1v) is 4.24. The molecule has 1 saturated heterocycles. The predicted octanol–water partition coefficient (Wildman–Crippen LogP) is -1.09. The van der Waals surface area contributed by atoms with E-state index < -0.39 is 0 Å². The quantitative estimate of drug-likeness (QED) is 0.385. The first-order valence-electron chi connectivity index (χ1n) is 3.09. The number of rotatable bonds is 0. The van der Waals surface area contributed by atoms with Gasteiger partial charge in [0.1, 0.15) is 0 Å². The van der Waals surface area contributed by atoms with E-state index in [0.29, 0.717) is 4.97 Å². The molecule has 0 aromatic rings. The summed E-state index contributed by atoms with van der Waals surface area (Å²) in [5, 5.41) is 0. The van der Waals surface area contributed by atoms with Crippen molar-refractivity contribution in [2.24, 2.45) is 0 Å². The van der Waals surface area contributed by atoms with Crippen LogP contribution < -0.4 is 0 Å². The minimum Gasteiger partial charge on any atom is -0.392 e. The van der Waals surface area contributed by atoms with Crippen molar-refractivity contribution in [3.05, 3.63) is 0 Å². The third kappa shape index (κ3) is 1.76. The zero-order valence-electron chi connectivity index (χ0n) is 5.55. The van der Waals surface area contributed by atoms with Gasteiger partial charge in [-0.3, -0.25) is 0 Å². The van der Waals surface area contributed by atoms with Gasteiger partial charge < -0.3 is 9.64 Å². The van der Waals surface area contributed by atoms with E-state index in [4.69, 9.17) is 4.74 Å². The van der Waals surface area contributed by atoms with Gasteiger partial charge in [0, 0.05) is 18.1 Å². The molecular weight excluding hydrogens is 117 g/mol. The summed E-state index contributed by atoms with van der Waals surface area (Å²) in [6.07, 6.45) is 0. The lowest BCUT2D eigenvalue weighted by Crippen LogP contribution is -2.39. The highest BCUT2D eigenvalue weighted by Gasteiger charge is 2.11. The predicted molar refractivity (Wildman–Crippen MR) is 35.8 cm³/mol. The molecule has 1 aliphatic rings. The number of morpholine rings is 1. The molecule has 0 saturated carbocycles. The maximum absolute atomic E-state index is 5.37. The van der Waals surface area contributed by atoms with Crippen LogP contribution in [0.2, 0.25) is 0 Å². The van der Waals surface area contributed by atoms with Crippen LogP contribution in [0.3, 0.4) is 0 Å². The Bertz CT molecular complexity index is 70.8. The Labute approximate surface area is 58.2 Å². The molecule has 0 amide bonds. The summed E-state index contributed by atoms with van der Waals surface area (Å²) in [5.41, 5.74) is 0. The van der Waals surface area contributed by atoms with Crippen LogP contribution in [0, 0.1) is 0 Å². The molecule has 1 heterocycles. The minimum absolute atomic E-state index is 0.578. The first-order chi connectivity index (χ1) is 3.79. The van der Waals surface area contributed by atoms with E-state index in [9.17, 15) is 0 Å². The van der Waals surface area contributed by atoms with Gasteiger partial charge in [0.15, 0.2) is 0 Å². The molecule has 1 rings (SSSR count). The Morgan fingerprint density at radius 1 is 1.75 bits per heavy atom. The van der Waals surface area contributed by atoms with Gasteiger partial charge in [0.25, 0.3) is 16.3 Å². The maximum Gasteiger partial charge on any atom is 0.261 e. The Morgan fingerprint density at radius 3 is 2.88 bits per heavy atom. The fourth-order valence-electron chi connectivity index (χ4n) is 0.993. The van der Waals surface area contributed by atoms with Crippen LogP contribution in [0.5, 0.6) is 0 Å². The zero-order valence-corrected chi connectivity index (χ0v) is 7.55. The van der Waals surface area contributed by atoms with E-state index >= 15 is 0 Å². The molecule has 1 atom stereocenters. The lowest BCUT2D eigenvalue weighted by Gasteiger charge is -2.27. The molecule has 0 radical (unpaired) electrons. The zero-order chi connectivity index (χ0) is 5.98. The van der Waals surface area contributed by atoms with E-state index in [2.05, 4.69) is 11.9 Å². The number of hydrogen-bond donors (Lipinski definition) is 0. The Kier molecular flexibility index (Phi) is 2.33. The second-order valence-electron chi connectivity index (χ2n) is 2.44. The van der Waals surface area contributed by atoms with Gasteiger partial charge in [-0.2, -0.15) is 0 Å². The topological polar surface area (TPSA) is 12.5 Å². The van der Waals surface area contributed by atoms with Gasteiger partial charge in [-0.1, -0.05) is 0 Å². The van der Waals surface area contributed by atoms with Crippen molar-refractivity contribution >= 4 is 16.3 Å². The molecule has 1 fully saturated rings. The van der Waals surface area contributed by atoms with Crippen molar-refractivity contribution in [1.29, 1.82) is 0 Å². The molecule has 0 N–H and O–H groups in total. The summed E-state index contributed by atoms with van der Waals surface area (Å²) >= 11 is 1.18. The monoisotopic (exact) mass is 129 g/mol. The smallest absolute Gasteiger partial charge is 0.261 e. The Hall–Kier alpha value is 0.452. The van der Waals surface area contributed by atoms with Gasteiger partial charge >= 0.3 is 0 Å². The van der Waals surface area contributed by atoms with Gasteiger partial charge in [0.05, 0.1) is 6.61 Å². The van der Waals surface area contributed by atoms with Gasteiger partial charge in [-0.15, -0.1) is 0 Å². The fraction of sp³-hybridized carbons (Fsp3) is 1.00. The van der Waals surface area contributed by atoms with Crippen LogP contribution in [-0.4, -0.2) is 52.9 Å². The van der Waals surface area contributed by atoms with E-state index in [1.54, 1.807) is 0 Å². The van der Waals surface area contributed by atoms with Crippen molar-refractivity contribution in [2.75, 3.05) is 26.7 Å². The lowest BCUT2D eigenvalue weighted by molar-refractivity contribution is 0.0249. The molecule has 0 aromatic carbocycles. The Balaban J connectivity index is 2.23. The summed E-state index contributed by atoms with van der Waals surface area (Å²) in [6, 6.07) is 0. The molecule has 8 heavy (non-hydrogen) atoms. The van der Waals surface area contributed by atoms with Crippen molar-refractivity contribution in [1.82, 2.24) is 4.90 Å². The number of hydrogen-bond acceptors (Lipinski definition) is 2. The van der Waals surface area contributed by atoms with Gasteiger partial charge in [-0.05, 0) is 7.05 Å². The maximum atomic E-state index is 5.37. The molecule has 2 nitrogen and oxygen atoms in total. The van der Waals surface area contributed by atoms with Crippen LogP contribution in [0.1, 0.15) is 0 Å². The second kappa shape index (κ2) is 2.84. The molecular formula is C5H12AlNO. The average molecular weight is 129 g/mol. The summed E-state index contributed by atoms with van der Waals surface area (Å²) < 4.78 is 5.37. The molecule has 0 aromatic heterocycles. The Morgan fingerprint density at radius 2 is 2.50 bits per heavy atom. The summed E-state index contributed by atoms with van der Waals surface area (Å²) in [6.45, 7) is 3.19. The highest BCUT2D eigenvalue weighted by molar-refractivity contribution is 6.11. The van der Waals surface area contributed by atoms with Gasteiger partial charge in [-0.25, -0.2) is 0 Å². The largest absolute Gasteiger partial charge is 0.392 e. The van der Waals surface area contributed by atoms with Crippen molar-refractivity contribution in [2.45, 2.75) is 4.97 Å². The molecule has 0 spiro atoms. The molecule has 1 unspecified atom stereocenters. The molecule has 0 bridgehead atoms. The number of likely N-dealkylation sites (N-methyl/N-ethyl adjacent to an activating group) is 1. The SMILES string of the molecule is CN1CCO[CH]([AlH2])C1. The first kappa shape index (κ1) is 6.57. The number of nitrogens with zero attached hydrogens (tertiary/aromatic N) is 1. The second-order valence-corrected chi connectivity index (χ2v) is 3.73. The third-order valence-electron chi connectivity index (χ3n) is 1.44. The van der Waals surface area contributed by atoms with Crippen molar-refractivity contribution < 1.29 is 4.74 Å². The highest BCUT2D eigenvalue weighted by Crippen LogP contribution is 1.97. The van der Waals surface area contributed by atoms with Crippen LogP contribution in [0.4, 0.5) is 0 Å². The van der Waals surface area contributed by atoms with E-state index in [1.165, 1.54) is 16.3 Å². The van der Waals surface area contributed by atoms with Crippen LogP contribution in [0.15, 0.2) is 0 Å². The summed E-state index contributed by atoms with van der Waals surface area (Å²) in [4.78, 5) is 2.90. The van der Waals surface area contributed by atoms with E-state index in [0.717, 1.165) is 19.7 Å². The lowest BCUT2D eigenvalue weighted by atomic mass is 10.5. The molecule has 1 aliphatic heterocycles. The summed E-state index contributed by atoms with van der Waals surface area (Å²) in [5.74, 6) is 0.